The Labute approximate surface area is 217 Å². The average molecular weight is 521 g/mol. The summed E-state index contributed by atoms with van der Waals surface area (Å²) in [5, 5.41) is 19.4. The molecule has 4 aromatic rings. The first kappa shape index (κ1) is 24.6. The number of nitrogens with one attached hydrogen (secondary N) is 1. The molecular formula is C26H25ClN6O4. The predicted molar refractivity (Wildman–Crippen MR) is 139 cm³/mol. The van der Waals surface area contributed by atoms with E-state index in [1.165, 1.54) is 29.2 Å². The molecule has 11 heteroatoms. The zero-order valence-corrected chi connectivity index (χ0v) is 20.7. The Morgan fingerprint density at radius 3 is 2.65 bits per heavy atom. The van der Waals surface area contributed by atoms with Crippen molar-refractivity contribution in [2.45, 2.75) is 44.2 Å². The number of nitro groups is 1. The van der Waals surface area contributed by atoms with E-state index >= 15 is 0 Å². The van der Waals surface area contributed by atoms with E-state index in [-0.39, 0.29) is 23.7 Å². The highest BCUT2D eigenvalue weighted by Crippen LogP contribution is 2.41. The van der Waals surface area contributed by atoms with Crippen molar-refractivity contribution in [2.75, 3.05) is 6.54 Å². The fourth-order valence-corrected chi connectivity index (χ4v) is 5.20. The van der Waals surface area contributed by atoms with Crippen molar-refractivity contribution >= 4 is 34.2 Å². The van der Waals surface area contributed by atoms with Crippen LogP contribution in [0.3, 0.4) is 0 Å². The van der Waals surface area contributed by atoms with E-state index in [0.29, 0.717) is 34.7 Å². The summed E-state index contributed by atoms with van der Waals surface area (Å²) in [5.41, 5.74) is 1.12. The minimum absolute atomic E-state index is 0.0175. The largest absolute Gasteiger partial charge is 0.353 e. The van der Waals surface area contributed by atoms with Gasteiger partial charge in [-0.25, -0.2) is 9.67 Å². The molecule has 0 spiro atoms. The highest BCUT2D eigenvalue weighted by atomic mass is 35.5. The molecule has 0 radical (unpaired) electrons. The van der Waals surface area contributed by atoms with E-state index in [4.69, 9.17) is 11.6 Å². The second-order valence-electron chi connectivity index (χ2n) is 9.26. The van der Waals surface area contributed by atoms with Crippen LogP contribution in [0.1, 0.15) is 36.8 Å². The van der Waals surface area contributed by atoms with Crippen molar-refractivity contribution in [3.8, 4) is 0 Å². The number of nitro benzene ring substituents is 1. The van der Waals surface area contributed by atoms with Crippen LogP contribution in [0.5, 0.6) is 0 Å². The number of hydrogen-bond donors (Lipinski definition) is 1. The third kappa shape index (κ3) is 4.84. The second-order valence-corrected chi connectivity index (χ2v) is 9.70. The van der Waals surface area contributed by atoms with Crippen LogP contribution < -0.4 is 10.9 Å². The summed E-state index contributed by atoms with van der Waals surface area (Å²) in [7, 11) is 0. The van der Waals surface area contributed by atoms with E-state index < -0.39 is 10.3 Å². The van der Waals surface area contributed by atoms with Gasteiger partial charge in [0.05, 0.1) is 29.6 Å². The molecule has 190 valence electrons. The summed E-state index contributed by atoms with van der Waals surface area (Å²) < 4.78 is 2.99. The molecule has 5 rings (SSSR count). The zero-order valence-electron chi connectivity index (χ0n) is 20.0. The molecule has 1 fully saturated rings. The fraction of sp³-hybridized carbons (Fsp3) is 0.308. The molecule has 2 heterocycles. The van der Waals surface area contributed by atoms with Crippen molar-refractivity contribution in [3.05, 3.63) is 97.7 Å². The lowest BCUT2D eigenvalue weighted by molar-refractivity contribution is -0.384. The van der Waals surface area contributed by atoms with Crippen molar-refractivity contribution < 1.29 is 9.72 Å². The van der Waals surface area contributed by atoms with E-state index in [2.05, 4.69) is 15.4 Å². The summed E-state index contributed by atoms with van der Waals surface area (Å²) in [4.78, 5) is 41.3. The molecule has 1 aliphatic rings. The van der Waals surface area contributed by atoms with Gasteiger partial charge in [-0.1, -0.05) is 48.7 Å². The van der Waals surface area contributed by atoms with Crippen LogP contribution in [0, 0.1) is 10.1 Å². The number of halogens is 1. The number of aromatic nitrogens is 4. The van der Waals surface area contributed by atoms with Gasteiger partial charge >= 0.3 is 0 Å². The molecule has 2 aromatic heterocycles. The van der Waals surface area contributed by atoms with Gasteiger partial charge in [0.1, 0.15) is 11.7 Å². The number of amides is 1. The van der Waals surface area contributed by atoms with Gasteiger partial charge in [0.2, 0.25) is 5.91 Å². The van der Waals surface area contributed by atoms with Crippen molar-refractivity contribution in [1.29, 1.82) is 0 Å². The number of non-ortho nitro benzene ring substituents is 1. The Hall–Kier alpha value is -4.05. The number of rotatable bonds is 8. The molecule has 10 nitrogen and oxygen atoms in total. The SMILES string of the molecule is O=C(NCCn1ncc2c(=O)n(Cc3cccc([N+](=O)[O-])c3)cnc21)C1(c2ccc(Cl)cc2)CCCC1. The molecule has 1 amide bonds. The molecule has 0 unspecified atom stereocenters. The van der Waals surface area contributed by atoms with Gasteiger partial charge in [0, 0.05) is 23.7 Å². The molecule has 0 bridgehead atoms. The lowest BCUT2D eigenvalue weighted by Gasteiger charge is -2.28. The molecule has 1 saturated carbocycles. The zero-order chi connectivity index (χ0) is 26.0. The highest BCUT2D eigenvalue weighted by molar-refractivity contribution is 6.30. The van der Waals surface area contributed by atoms with Crippen LogP contribution in [0.25, 0.3) is 11.0 Å². The maximum absolute atomic E-state index is 13.3. The minimum Gasteiger partial charge on any atom is -0.353 e. The van der Waals surface area contributed by atoms with E-state index in [0.717, 1.165) is 31.2 Å². The van der Waals surface area contributed by atoms with Crippen molar-refractivity contribution in [1.82, 2.24) is 24.6 Å². The molecule has 1 N–H and O–H groups in total. The van der Waals surface area contributed by atoms with Gasteiger partial charge in [-0.15, -0.1) is 0 Å². The molecule has 0 atom stereocenters. The second kappa shape index (κ2) is 10.1. The van der Waals surface area contributed by atoms with Crippen LogP contribution in [-0.2, 0) is 23.3 Å². The predicted octanol–water partition coefficient (Wildman–Crippen LogP) is 3.83. The summed E-state index contributed by atoms with van der Waals surface area (Å²) in [6.45, 7) is 0.841. The number of fused-ring (bicyclic) bond motifs is 1. The maximum Gasteiger partial charge on any atom is 0.269 e. The normalized spacial score (nSPS) is 14.6. The first-order chi connectivity index (χ1) is 17.9. The van der Waals surface area contributed by atoms with Crippen molar-refractivity contribution in [3.63, 3.8) is 0 Å². The molecular weight excluding hydrogens is 496 g/mol. The van der Waals surface area contributed by atoms with Crippen LogP contribution >= 0.6 is 11.6 Å². The minimum atomic E-state index is -0.560. The number of carbonyl (C=O) groups is 1. The van der Waals surface area contributed by atoms with Gasteiger partial charge in [0.15, 0.2) is 5.65 Å². The van der Waals surface area contributed by atoms with E-state index in [1.54, 1.807) is 16.8 Å². The Morgan fingerprint density at radius 2 is 1.92 bits per heavy atom. The standard InChI is InChI=1S/C26H25ClN6O4/c27-20-8-6-19(7-9-20)26(10-1-2-11-26)25(35)28-12-13-32-23-22(15-30-32)24(34)31(17-29-23)16-18-4-3-5-21(14-18)33(36)37/h3-9,14-15,17H,1-2,10-13,16H2,(H,28,35). The van der Waals surface area contributed by atoms with E-state index in [9.17, 15) is 19.7 Å². The summed E-state index contributed by atoms with van der Waals surface area (Å²) in [6, 6.07) is 13.6. The Bertz CT molecular complexity index is 1520. The molecule has 2 aromatic carbocycles. The fourth-order valence-electron chi connectivity index (χ4n) is 5.08. The quantitative estimate of drug-likeness (QED) is 0.278. The number of hydrogen-bond acceptors (Lipinski definition) is 6. The third-order valence-electron chi connectivity index (χ3n) is 6.99. The Morgan fingerprint density at radius 1 is 1.16 bits per heavy atom. The van der Waals surface area contributed by atoms with Gasteiger partial charge in [-0.2, -0.15) is 5.10 Å². The van der Waals surface area contributed by atoms with Crippen LogP contribution in [0.4, 0.5) is 5.69 Å². The lowest BCUT2D eigenvalue weighted by atomic mass is 9.78. The highest BCUT2D eigenvalue weighted by Gasteiger charge is 2.42. The Balaban J connectivity index is 1.28. The van der Waals surface area contributed by atoms with Gasteiger partial charge in [-0.05, 0) is 36.1 Å². The van der Waals surface area contributed by atoms with Gasteiger partial charge in [0.25, 0.3) is 11.2 Å². The Kier molecular flexibility index (Phi) is 6.75. The van der Waals surface area contributed by atoms with Crippen LogP contribution in [-0.4, -0.2) is 36.7 Å². The van der Waals surface area contributed by atoms with Crippen LogP contribution in [0.2, 0.25) is 5.02 Å². The third-order valence-corrected chi connectivity index (χ3v) is 7.25. The summed E-state index contributed by atoms with van der Waals surface area (Å²) >= 11 is 6.05. The van der Waals surface area contributed by atoms with E-state index in [1.807, 2.05) is 24.3 Å². The lowest BCUT2D eigenvalue weighted by Crippen LogP contribution is -2.43. The average Bonchev–Trinajstić information content (AvgIpc) is 3.55. The number of nitrogens with zero attached hydrogens (tertiary/aromatic N) is 5. The first-order valence-electron chi connectivity index (χ1n) is 12.1. The molecule has 0 saturated heterocycles. The number of benzene rings is 2. The summed E-state index contributed by atoms with van der Waals surface area (Å²) in [6.07, 6.45) is 6.43. The first-order valence-corrected chi connectivity index (χ1v) is 12.4. The monoisotopic (exact) mass is 520 g/mol. The van der Waals surface area contributed by atoms with Gasteiger partial charge in [-0.3, -0.25) is 24.3 Å². The smallest absolute Gasteiger partial charge is 0.269 e. The van der Waals surface area contributed by atoms with Crippen LogP contribution in [0.15, 0.2) is 65.8 Å². The topological polar surface area (TPSA) is 125 Å². The van der Waals surface area contributed by atoms with Crippen molar-refractivity contribution in [2.24, 2.45) is 0 Å². The maximum atomic E-state index is 13.3. The number of carbonyl (C=O) groups excluding carboxylic acids is 1. The molecule has 37 heavy (non-hydrogen) atoms. The molecule has 0 aliphatic heterocycles. The molecule has 1 aliphatic carbocycles. The van der Waals surface area contributed by atoms with Gasteiger partial charge < -0.3 is 5.32 Å². The summed E-state index contributed by atoms with van der Waals surface area (Å²) in [5.74, 6) is -0.0175.